The molecule has 0 heterocycles. The van der Waals surface area contributed by atoms with E-state index in [2.05, 4.69) is 21.2 Å². The number of rotatable bonds is 4. The number of ether oxygens (including phenoxy) is 1. The van der Waals surface area contributed by atoms with Gasteiger partial charge in [-0.1, -0.05) is 6.07 Å². The molecule has 0 aromatic heterocycles. The molecule has 0 spiro atoms. The van der Waals surface area contributed by atoms with Gasteiger partial charge < -0.3 is 10.1 Å². The van der Waals surface area contributed by atoms with Gasteiger partial charge in [0.2, 0.25) is 0 Å². The number of halogens is 4. The van der Waals surface area contributed by atoms with Crippen molar-refractivity contribution in [3.63, 3.8) is 0 Å². The summed E-state index contributed by atoms with van der Waals surface area (Å²) in [6.07, 6.45) is 0. The second-order valence-corrected chi connectivity index (χ2v) is 4.90. The number of methoxy groups -OCH3 is 1. The van der Waals surface area contributed by atoms with Gasteiger partial charge in [-0.05, 0) is 45.8 Å². The summed E-state index contributed by atoms with van der Waals surface area (Å²) in [7, 11) is 1.55. The first-order chi connectivity index (χ1) is 9.52. The molecule has 0 fully saturated rings. The van der Waals surface area contributed by atoms with Gasteiger partial charge in [0.05, 0.1) is 17.3 Å². The van der Waals surface area contributed by atoms with E-state index in [1.54, 1.807) is 25.3 Å². The van der Waals surface area contributed by atoms with E-state index >= 15 is 0 Å². The lowest BCUT2D eigenvalue weighted by Crippen LogP contribution is -2.04. The molecule has 0 aliphatic rings. The van der Waals surface area contributed by atoms with E-state index in [1.807, 2.05) is 0 Å². The summed E-state index contributed by atoms with van der Waals surface area (Å²) in [6, 6.07) is 7.37. The number of hydrogen-bond acceptors (Lipinski definition) is 2. The first-order valence-corrected chi connectivity index (χ1v) is 6.52. The van der Waals surface area contributed by atoms with Crippen LogP contribution in [0.25, 0.3) is 0 Å². The first-order valence-electron chi connectivity index (χ1n) is 5.72. The van der Waals surface area contributed by atoms with E-state index in [1.165, 1.54) is 0 Å². The van der Waals surface area contributed by atoms with Crippen LogP contribution in [0.4, 0.5) is 18.9 Å². The van der Waals surface area contributed by atoms with Gasteiger partial charge in [0.25, 0.3) is 0 Å². The van der Waals surface area contributed by atoms with Crippen LogP contribution in [0.3, 0.4) is 0 Å². The highest BCUT2D eigenvalue weighted by molar-refractivity contribution is 9.10. The summed E-state index contributed by atoms with van der Waals surface area (Å²) >= 11 is 3.33. The molecule has 1 N–H and O–H groups in total. The molecule has 0 saturated carbocycles. The summed E-state index contributed by atoms with van der Waals surface area (Å²) < 4.78 is 45.2. The summed E-state index contributed by atoms with van der Waals surface area (Å²) in [5.74, 6) is -3.24. The van der Waals surface area contributed by atoms with Crippen LogP contribution in [-0.2, 0) is 6.54 Å². The molecule has 2 nitrogen and oxygen atoms in total. The van der Waals surface area contributed by atoms with Gasteiger partial charge in [-0.3, -0.25) is 0 Å². The molecule has 0 atom stereocenters. The quantitative estimate of drug-likeness (QED) is 0.824. The van der Waals surface area contributed by atoms with Crippen molar-refractivity contribution >= 4 is 21.6 Å². The molecule has 6 heteroatoms. The van der Waals surface area contributed by atoms with E-state index < -0.39 is 17.5 Å². The Balaban J connectivity index is 2.13. The Morgan fingerprint density at radius 2 is 1.85 bits per heavy atom. The van der Waals surface area contributed by atoms with Gasteiger partial charge in [0.1, 0.15) is 5.75 Å². The third-order valence-corrected chi connectivity index (χ3v) is 3.35. The monoisotopic (exact) mass is 345 g/mol. The van der Waals surface area contributed by atoms with Crippen molar-refractivity contribution in [2.75, 3.05) is 12.4 Å². The molecule has 2 aromatic rings. The smallest absolute Gasteiger partial charge is 0.196 e. The Hall–Kier alpha value is -1.69. The molecule has 2 rings (SSSR count). The largest absolute Gasteiger partial charge is 0.496 e. The van der Waals surface area contributed by atoms with Crippen LogP contribution in [0, 0.1) is 17.5 Å². The zero-order chi connectivity index (χ0) is 14.7. The van der Waals surface area contributed by atoms with Gasteiger partial charge in [-0.15, -0.1) is 0 Å². The molecule has 0 radical (unpaired) electrons. The second-order valence-electron chi connectivity index (χ2n) is 4.05. The molecule has 0 aliphatic heterocycles. The van der Waals surface area contributed by atoms with E-state index in [-0.39, 0.29) is 12.2 Å². The topological polar surface area (TPSA) is 21.3 Å². The third-order valence-electron chi connectivity index (χ3n) is 2.73. The molecule has 0 amide bonds. The molecule has 106 valence electrons. The van der Waals surface area contributed by atoms with Crippen molar-refractivity contribution in [1.29, 1.82) is 0 Å². The fourth-order valence-electron chi connectivity index (χ4n) is 1.68. The van der Waals surface area contributed by atoms with Crippen molar-refractivity contribution in [1.82, 2.24) is 0 Å². The highest BCUT2D eigenvalue weighted by atomic mass is 79.9. The molecule has 0 bridgehead atoms. The van der Waals surface area contributed by atoms with Crippen LogP contribution in [-0.4, -0.2) is 7.11 Å². The zero-order valence-electron chi connectivity index (χ0n) is 10.5. The Morgan fingerprint density at radius 3 is 2.50 bits per heavy atom. The third kappa shape index (κ3) is 3.07. The lowest BCUT2D eigenvalue weighted by atomic mass is 10.2. The fraction of sp³-hybridized carbons (Fsp3) is 0.143. The number of hydrogen-bond donors (Lipinski definition) is 1. The molecule has 0 saturated heterocycles. The number of anilines is 1. The minimum absolute atomic E-state index is 0.0872. The Kier molecular flexibility index (Phi) is 4.54. The maximum atomic E-state index is 13.5. The van der Waals surface area contributed by atoms with Gasteiger partial charge in [0.15, 0.2) is 17.5 Å². The molecule has 2 aromatic carbocycles. The van der Waals surface area contributed by atoms with Gasteiger partial charge in [0, 0.05) is 6.54 Å². The van der Waals surface area contributed by atoms with Gasteiger partial charge in [-0.2, -0.15) is 0 Å². The average Bonchev–Trinajstić information content (AvgIpc) is 2.44. The highest BCUT2D eigenvalue weighted by Gasteiger charge is 2.13. The maximum absolute atomic E-state index is 13.5. The molecule has 0 aliphatic carbocycles. The Bertz CT molecular complexity index is 634. The van der Waals surface area contributed by atoms with Crippen LogP contribution < -0.4 is 10.1 Å². The van der Waals surface area contributed by atoms with Crippen molar-refractivity contribution < 1.29 is 17.9 Å². The molecule has 20 heavy (non-hydrogen) atoms. The summed E-state index contributed by atoms with van der Waals surface area (Å²) in [4.78, 5) is 0. The highest BCUT2D eigenvalue weighted by Crippen LogP contribution is 2.26. The van der Waals surface area contributed by atoms with E-state index in [0.717, 1.165) is 22.2 Å². The minimum atomic E-state index is -1.48. The molecular weight excluding hydrogens is 335 g/mol. The van der Waals surface area contributed by atoms with Gasteiger partial charge >= 0.3 is 0 Å². The van der Waals surface area contributed by atoms with Crippen LogP contribution in [0.15, 0.2) is 34.8 Å². The fourth-order valence-corrected chi connectivity index (χ4v) is 2.27. The van der Waals surface area contributed by atoms with E-state index in [4.69, 9.17) is 4.74 Å². The SMILES string of the molecule is COc1ccc(CNc2ccc(F)c(F)c2F)cc1Br. The zero-order valence-corrected chi connectivity index (χ0v) is 12.1. The van der Waals surface area contributed by atoms with Gasteiger partial charge in [-0.25, -0.2) is 13.2 Å². The lowest BCUT2D eigenvalue weighted by molar-refractivity contribution is 0.412. The van der Waals surface area contributed by atoms with Crippen LogP contribution >= 0.6 is 15.9 Å². The van der Waals surface area contributed by atoms with E-state index in [0.29, 0.717) is 5.75 Å². The minimum Gasteiger partial charge on any atom is -0.496 e. The lowest BCUT2D eigenvalue weighted by Gasteiger charge is -2.10. The van der Waals surface area contributed by atoms with Crippen LogP contribution in [0.5, 0.6) is 5.75 Å². The molecule has 0 unspecified atom stereocenters. The first kappa shape index (κ1) is 14.7. The summed E-state index contributed by atoms with van der Waals surface area (Å²) in [6.45, 7) is 0.268. The second kappa shape index (κ2) is 6.17. The predicted octanol–water partition coefficient (Wildman–Crippen LogP) is 4.49. The molecular formula is C14H11BrF3NO. The normalized spacial score (nSPS) is 10.4. The summed E-state index contributed by atoms with van der Waals surface area (Å²) in [5, 5.41) is 2.72. The Morgan fingerprint density at radius 1 is 1.10 bits per heavy atom. The summed E-state index contributed by atoms with van der Waals surface area (Å²) in [5.41, 5.74) is 0.748. The average molecular weight is 346 g/mol. The van der Waals surface area contributed by atoms with Crippen LogP contribution in [0.1, 0.15) is 5.56 Å². The van der Waals surface area contributed by atoms with Crippen molar-refractivity contribution in [3.8, 4) is 5.75 Å². The van der Waals surface area contributed by atoms with Crippen LogP contribution in [0.2, 0.25) is 0 Å². The Labute approximate surface area is 122 Å². The number of nitrogens with one attached hydrogen (secondary N) is 1. The van der Waals surface area contributed by atoms with Crippen molar-refractivity contribution in [2.24, 2.45) is 0 Å². The van der Waals surface area contributed by atoms with Crippen molar-refractivity contribution in [3.05, 3.63) is 57.8 Å². The number of benzene rings is 2. The van der Waals surface area contributed by atoms with E-state index in [9.17, 15) is 13.2 Å². The van der Waals surface area contributed by atoms with Crippen molar-refractivity contribution in [2.45, 2.75) is 6.54 Å². The standard InChI is InChI=1S/C14H11BrF3NO/c1-20-12-5-2-8(6-9(12)15)7-19-11-4-3-10(16)13(17)14(11)18/h2-6,19H,7H2,1H3. The maximum Gasteiger partial charge on any atom is 0.196 e. The predicted molar refractivity (Wildman–Crippen MR) is 74.3 cm³/mol.